The van der Waals surface area contributed by atoms with E-state index < -0.39 is 0 Å². The van der Waals surface area contributed by atoms with E-state index in [9.17, 15) is 0 Å². The van der Waals surface area contributed by atoms with E-state index in [1.54, 1.807) is 0 Å². The lowest BCUT2D eigenvalue weighted by atomic mass is 9.63. The summed E-state index contributed by atoms with van der Waals surface area (Å²) in [4.78, 5) is 0. The third kappa shape index (κ3) is 3.01. The molecule has 0 spiro atoms. The first-order chi connectivity index (χ1) is 15.5. The van der Waals surface area contributed by atoms with E-state index in [1.165, 1.54) is 69.6 Å². The predicted octanol–water partition coefficient (Wildman–Crippen LogP) is 7.48. The fourth-order valence-corrected chi connectivity index (χ4v) is 6.11. The summed E-state index contributed by atoms with van der Waals surface area (Å²) >= 11 is 0. The van der Waals surface area contributed by atoms with Gasteiger partial charge in [-0.1, -0.05) is 101 Å². The van der Waals surface area contributed by atoms with Crippen LogP contribution < -0.4 is 0 Å². The zero-order valence-electron chi connectivity index (χ0n) is 19.2. The molecule has 0 amide bonds. The summed E-state index contributed by atoms with van der Waals surface area (Å²) in [5.74, 6) is 12.3. The van der Waals surface area contributed by atoms with Gasteiger partial charge < -0.3 is 0 Å². The Bertz CT molecular complexity index is 972. The van der Waals surface area contributed by atoms with Crippen LogP contribution >= 0.6 is 0 Å². The fourth-order valence-electron chi connectivity index (χ4n) is 6.11. The van der Waals surface area contributed by atoms with Crippen LogP contribution in [0.1, 0.15) is 49.9 Å². The van der Waals surface area contributed by atoms with Gasteiger partial charge in [0.05, 0.1) is 0 Å². The lowest BCUT2D eigenvalue weighted by Gasteiger charge is -2.40. The molecule has 0 bridgehead atoms. The second kappa shape index (κ2) is 7.75. The fraction of sp³-hybridized carbons (Fsp3) is 0.188. The van der Waals surface area contributed by atoms with Crippen molar-refractivity contribution in [1.29, 1.82) is 0 Å². The summed E-state index contributed by atoms with van der Waals surface area (Å²) in [5, 5.41) is 0. The van der Waals surface area contributed by atoms with Crippen molar-refractivity contribution in [1.82, 2.24) is 0 Å². The van der Waals surface area contributed by atoms with E-state index in [0.29, 0.717) is 11.8 Å². The van der Waals surface area contributed by atoms with Gasteiger partial charge in [0.2, 0.25) is 0 Å². The Balaban J connectivity index is 1.34. The SMILES string of the molecule is C[C]1[CH][C]2C=Cc3ccccc3[C]2[C]1[C@H](C)[C@@H](C)[C]1[C](C)[CH][C]2C=Cc3ccccc3[C]21. The maximum absolute atomic E-state index is 2.43. The lowest BCUT2D eigenvalue weighted by molar-refractivity contribution is 0.421. The Morgan fingerprint density at radius 3 is 1.38 bits per heavy atom. The topological polar surface area (TPSA) is 0 Å². The maximum atomic E-state index is 2.43. The molecule has 4 aliphatic carbocycles. The van der Waals surface area contributed by atoms with Crippen LogP contribution in [0.3, 0.4) is 0 Å². The zero-order chi connectivity index (χ0) is 22.0. The molecule has 0 N–H and O–H groups in total. The van der Waals surface area contributed by atoms with E-state index in [4.69, 9.17) is 0 Å². The molecule has 0 nitrogen and oxygen atoms in total. The average Bonchev–Trinajstić information content (AvgIpc) is 3.33. The van der Waals surface area contributed by atoms with Gasteiger partial charge in [-0.25, -0.2) is 0 Å². The van der Waals surface area contributed by atoms with Crippen molar-refractivity contribution in [3.8, 4) is 0 Å². The van der Waals surface area contributed by atoms with Gasteiger partial charge in [-0.05, 0) is 70.6 Å². The molecule has 2 aromatic rings. The van der Waals surface area contributed by atoms with Gasteiger partial charge in [-0.2, -0.15) is 0 Å². The molecule has 2 fully saturated rings. The first-order valence-corrected chi connectivity index (χ1v) is 11.7. The molecule has 4 aliphatic rings. The van der Waals surface area contributed by atoms with Crippen molar-refractivity contribution in [2.45, 2.75) is 27.7 Å². The zero-order valence-corrected chi connectivity index (χ0v) is 19.2. The molecule has 0 heteroatoms. The molecule has 6 rings (SSSR count). The van der Waals surface area contributed by atoms with Gasteiger partial charge in [0.25, 0.3) is 0 Å². The third-order valence-electron chi connectivity index (χ3n) is 7.72. The highest BCUT2D eigenvalue weighted by molar-refractivity contribution is 5.80. The highest BCUT2D eigenvalue weighted by atomic mass is 14.5. The Morgan fingerprint density at radius 1 is 0.531 bits per heavy atom. The Kier molecular flexibility index (Phi) is 4.97. The molecule has 2 aromatic carbocycles. The Morgan fingerprint density at radius 2 is 0.938 bits per heavy atom. The minimum absolute atomic E-state index is 0.418. The van der Waals surface area contributed by atoms with E-state index in [0.717, 1.165) is 0 Å². The summed E-state index contributed by atoms with van der Waals surface area (Å²) in [6.07, 6.45) is 13.9. The highest BCUT2D eigenvalue weighted by Crippen LogP contribution is 2.62. The van der Waals surface area contributed by atoms with E-state index in [2.05, 4.69) is 113 Å². The normalized spacial score (nSPS) is 25.0. The molecular weight excluding hydrogens is 384 g/mol. The number of hydrogen-bond acceptors (Lipinski definition) is 0. The molecule has 2 atom stereocenters. The van der Waals surface area contributed by atoms with Gasteiger partial charge in [-0.3, -0.25) is 0 Å². The summed E-state index contributed by atoms with van der Waals surface area (Å²) in [5.41, 5.74) is 5.41. The molecule has 0 aromatic heterocycles. The van der Waals surface area contributed by atoms with Gasteiger partial charge in [0.1, 0.15) is 0 Å². The Hall–Kier alpha value is -2.08. The number of rotatable bonds is 3. The molecule has 0 heterocycles. The third-order valence-corrected chi connectivity index (χ3v) is 7.72. The van der Waals surface area contributed by atoms with E-state index in [1.807, 2.05) is 0 Å². The van der Waals surface area contributed by atoms with Crippen molar-refractivity contribution < 1.29 is 0 Å². The molecular formula is C32H28. The second-order valence-electron chi connectivity index (χ2n) is 9.56. The van der Waals surface area contributed by atoms with Crippen LogP contribution in [-0.2, 0) is 0 Å². The van der Waals surface area contributed by atoms with Crippen molar-refractivity contribution >= 4 is 12.2 Å². The molecule has 0 unspecified atom stereocenters. The number of fused-ring (bicyclic) bond motifs is 6. The average molecular weight is 413 g/mol. The van der Waals surface area contributed by atoms with Crippen LogP contribution in [-0.4, -0.2) is 0 Å². The van der Waals surface area contributed by atoms with E-state index in [-0.39, 0.29) is 0 Å². The van der Waals surface area contributed by atoms with Gasteiger partial charge >= 0.3 is 0 Å². The van der Waals surface area contributed by atoms with Crippen LogP contribution in [0.25, 0.3) is 12.2 Å². The molecule has 32 heavy (non-hydrogen) atoms. The first-order valence-electron chi connectivity index (χ1n) is 11.7. The van der Waals surface area contributed by atoms with E-state index >= 15 is 0 Å². The minimum atomic E-state index is 0.418. The lowest BCUT2D eigenvalue weighted by Crippen LogP contribution is -2.31. The van der Waals surface area contributed by atoms with Crippen LogP contribution in [0.15, 0.2) is 60.7 Å². The second-order valence-corrected chi connectivity index (χ2v) is 9.56. The molecule has 10 radical (unpaired) electrons. The van der Waals surface area contributed by atoms with Gasteiger partial charge in [0, 0.05) is 23.7 Å². The molecule has 156 valence electrons. The molecule has 0 aliphatic heterocycles. The smallest absolute Gasteiger partial charge is 0.0244 e. The Labute approximate surface area is 194 Å². The van der Waals surface area contributed by atoms with Crippen LogP contribution in [0.5, 0.6) is 0 Å². The molecule has 2 saturated carbocycles. The summed E-state index contributed by atoms with van der Waals surface area (Å²) in [6, 6.07) is 17.7. The summed E-state index contributed by atoms with van der Waals surface area (Å²) in [6.45, 7) is 9.44. The largest absolute Gasteiger partial charge is 0.0755 e. The molecule has 0 saturated heterocycles. The predicted molar refractivity (Wildman–Crippen MR) is 133 cm³/mol. The van der Waals surface area contributed by atoms with Crippen LogP contribution in [0, 0.1) is 72.0 Å². The van der Waals surface area contributed by atoms with Crippen LogP contribution in [0.2, 0.25) is 0 Å². The van der Waals surface area contributed by atoms with Crippen molar-refractivity contribution in [3.05, 3.63) is 143 Å². The summed E-state index contributed by atoms with van der Waals surface area (Å²) < 4.78 is 0. The summed E-state index contributed by atoms with van der Waals surface area (Å²) in [7, 11) is 0. The van der Waals surface area contributed by atoms with Gasteiger partial charge in [-0.15, -0.1) is 0 Å². The number of hydrogen-bond donors (Lipinski definition) is 0. The van der Waals surface area contributed by atoms with Crippen molar-refractivity contribution in [3.63, 3.8) is 0 Å². The quantitative estimate of drug-likeness (QED) is 0.490. The number of benzene rings is 2. The minimum Gasteiger partial charge on any atom is -0.0755 e. The highest BCUT2D eigenvalue weighted by Gasteiger charge is 2.53. The van der Waals surface area contributed by atoms with Crippen LogP contribution in [0.4, 0.5) is 0 Å². The van der Waals surface area contributed by atoms with Crippen molar-refractivity contribution in [2.75, 3.05) is 0 Å². The van der Waals surface area contributed by atoms with Gasteiger partial charge in [0.15, 0.2) is 0 Å². The monoisotopic (exact) mass is 412 g/mol. The first kappa shape index (κ1) is 20.5. The van der Waals surface area contributed by atoms with Crippen molar-refractivity contribution in [2.24, 2.45) is 11.8 Å². The standard InChI is InChI=1S/C32H28/c1-19-17-25-15-13-23-9-5-7-11-27(23)31(25)29(19)21(3)22(4)30-20(2)18-26-16-14-24-10-6-8-12-28(24)32(26)30/h5-18,21-22H,1-4H3/t21-,22-/m1/s1. The number of allylic oxidation sites excluding steroid dienone is 2. The maximum Gasteiger partial charge on any atom is 0.0244 e.